The Balaban J connectivity index is 1.58. The Kier molecular flexibility index (Phi) is 8.27. The van der Waals surface area contributed by atoms with Gasteiger partial charge in [0.15, 0.2) is 5.96 Å². The van der Waals surface area contributed by atoms with Crippen molar-refractivity contribution < 1.29 is 9.53 Å². The fourth-order valence-electron chi connectivity index (χ4n) is 3.72. The maximum Gasteiger partial charge on any atom is 0.309 e. The van der Waals surface area contributed by atoms with Crippen molar-refractivity contribution in [3.05, 3.63) is 70.1 Å². The fourth-order valence-corrected chi connectivity index (χ4v) is 3.72. The SMILES string of the molecule is CCNC(=NCc1ccc(Cn2ccccc2=O)cc1)N1CCC(C(=O)OCC)CC1. The third kappa shape index (κ3) is 6.44. The molecular weight excluding hydrogens is 392 g/mol. The van der Waals surface area contributed by atoms with Gasteiger partial charge in [-0.1, -0.05) is 30.3 Å². The van der Waals surface area contributed by atoms with Crippen LogP contribution in [0.25, 0.3) is 0 Å². The predicted octanol–water partition coefficient (Wildman–Crippen LogP) is 2.64. The number of guanidine groups is 1. The molecule has 0 aliphatic carbocycles. The standard InChI is InChI=1S/C24H32N4O3/c1-3-25-24(27-15-12-21(13-16-27)23(30)31-4-2)26-17-19-8-10-20(11-9-19)18-28-14-6-5-7-22(28)29/h5-11,14,21H,3-4,12-13,15-18H2,1-2H3,(H,25,26). The molecule has 0 bridgehead atoms. The normalized spacial score (nSPS) is 15.0. The number of ether oxygens (including phenoxy) is 1. The number of esters is 1. The minimum Gasteiger partial charge on any atom is -0.466 e. The minimum absolute atomic E-state index is 0.00168. The smallest absolute Gasteiger partial charge is 0.309 e. The molecule has 1 N–H and O–H groups in total. The molecule has 7 heteroatoms. The van der Waals surface area contributed by atoms with E-state index < -0.39 is 0 Å². The highest BCUT2D eigenvalue weighted by molar-refractivity contribution is 5.80. The number of pyridine rings is 1. The van der Waals surface area contributed by atoms with Gasteiger partial charge in [-0.05, 0) is 43.9 Å². The number of nitrogens with zero attached hydrogens (tertiary/aromatic N) is 3. The highest BCUT2D eigenvalue weighted by Gasteiger charge is 2.27. The van der Waals surface area contributed by atoms with Crippen molar-refractivity contribution in [2.75, 3.05) is 26.2 Å². The lowest BCUT2D eigenvalue weighted by molar-refractivity contribution is -0.149. The molecule has 1 aliphatic heterocycles. The molecule has 166 valence electrons. The second kappa shape index (κ2) is 11.3. The average molecular weight is 425 g/mol. The Morgan fingerprint density at radius 2 is 1.81 bits per heavy atom. The van der Waals surface area contributed by atoms with Gasteiger partial charge < -0.3 is 19.5 Å². The highest BCUT2D eigenvalue weighted by Crippen LogP contribution is 2.19. The molecule has 2 heterocycles. The van der Waals surface area contributed by atoms with Crippen LogP contribution in [0.5, 0.6) is 0 Å². The minimum atomic E-state index is -0.0815. The van der Waals surface area contributed by atoms with Crippen molar-refractivity contribution in [2.24, 2.45) is 10.9 Å². The number of hydrogen-bond acceptors (Lipinski definition) is 4. The number of hydrogen-bond donors (Lipinski definition) is 1. The molecular formula is C24H32N4O3. The summed E-state index contributed by atoms with van der Waals surface area (Å²) in [6, 6.07) is 13.4. The zero-order chi connectivity index (χ0) is 22.1. The second-order valence-electron chi connectivity index (χ2n) is 7.67. The lowest BCUT2D eigenvalue weighted by atomic mass is 9.97. The molecule has 1 aromatic carbocycles. The van der Waals surface area contributed by atoms with Crippen molar-refractivity contribution in [2.45, 2.75) is 39.8 Å². The van der Waals surface area contributed by atoms with Crippen LogP contribution in [0, 0.1) is 5.92 Å². The molecule has 0 atom stereocenters. The number of carbonyl (C=O) groups excluding carboxylic acids is 1. The number of carbonyl (C=O) groups is 1. The number of piperidine rings is 1. The summed E-state index contributed by atoms with van der Waals surface area (Å²) in [6.07, 6.45) is 3.38. The van der Waals surface area contributed by atoms with Crippen LogP contribution < -0.4 is 10.9 Å². The van der Waals surface area contributed by atoms with Gasteiger partial charge in [-0.3, -0.25) is 9.59 Å². The summed E-state index contributed by atoms with van der Waals surface area (Å²) in [5.41, 5.74) is 2.19. The molecule has 1 saturated heterocycles. The zero-order valence-electron chi connectivity index (χ0n) is 18.4. The maximum absolute atomic E-state index is 12.0. The maximum atomic E-state index is 12.0. The van der Waals surface area contributed by atoms with Gasteiger partial charge in [-0.2, -0.15) is 0 Å². The van der Waals surface area contributed by atoms with E-state index in [0.717, 1.165) is 49.6 Å². The second-order valence-corrected chi connectivity index (χ2v) is 7.67. The molecule has 1 aromatic heterocycles. The molecule has 0 amide bonds. The summed E-state index contributed by atoms with van der Waals surface area (Å²) in [7, 11) is 0. The lowest BCUT2D eigenvalue weighted by Gasteiger charge is -2.33. The summed E-state index contributed by atoms with van der Waals surface area (Å²) in [5.74, 6) is 0.787. The lowest BCUT2D eigenvalue weighted by Crippen LogP contribution is -2.46. The number of benzene rings is 1. The quantitative estimate of drug-likeness (QED) is 0.420. The first-order chi connectivity index (χ1) is 15.1. The van der Waals surface area contributed by atoms with Gasteiger partial charge >= 0.3 is 5.97 Å². The van der Waals surface area contributed by atoms with Gasteiger partial charge in [-0.25, -0.2) is 4.99 Å². The molecule has 31 heavy (non-hydrogen) atoms. The number of aromatic nitrogens is 1. The average Bonchev–Trinajstić information content (AvgIpc) is 2.79. The van der Waals surface area contributed by atoms with E-state index in [2.05, 4.69) is 29.3 Å². The summed E-state index contributed by atoms with van der Waals surface area (Å²) < 4.78 is 6.85. The van der Waals surface area contributed by atoms with E-state index in [0.29, 0.717) is 19.7 Å². The molecule has 0 unspecified atom stereocenters. The first kappa shape index (κ1) is 22.6. The van der Waals surface area contributed by atoms with Crippen LogP contribution in [0.2, 0.25) is 0 Å². The number of aliphatic imine (C=N–C) groups is 1. The monoisotopic (exact) mass is 424 g/mol. The van der Waals surface area contributed by atoms with Crippen LogP contribution in [0.15, 0.2) is 58.4 Å². The number of nitrogens with one attached hydrogen (secondary N) is 1. The molecule has 0 radical (unpaired) electrons. The van der Waals surface area contributed by atoms with E-state index in [-0.39, 0.29) is 17.4 Å². The van der Waals surface area contributed by atoms with Gasteiger partial charge in [0.05, 0.1) is 25.6 Å². The summed E-state index contributed by atoms with van der Waals surface area (Å²) in [4.78, 5) is 30.9. The third-order valence-corrected chi connectivity index (χ3v) is 5.44. The number of rotatable bonds is 7. The van der Waals surface area contributed by atoms with Crippen LogP contribution >= 0.6 is 0 Å². The van der Waals surface area contributed by atoms with Gasteiger partial charge in [0.2, 0.25) is 0 Å². The van der Waals surface area contributed by atoms with Crippen LogP contribution in [-0.4, -0.2) is 47.6 Å². The molecule has 0 spiro atoms. The fraction of sp³-hybridized carbons (Fsp3) is 0.458. The van der Waals surface area contributed by atoms with E-state index in [1.165, 1.54) is 0 Å². The third-order valence-electron chi connectivity index (χ3n) is 5.44. The Labute approximate surface area is 183 Å². The van der Waals surface area contributed by atoms with Crippen molar-refractivity contribution in [3.8, 4) is 0 Å². The van der Waals surface area contributed by atoms with Crippen molar-refractivity contribution in [1.29, 1.82) is 0 Å². The first-order valence-electron chi connectivity index (χ1n) is 11.0. The van der Waals surface area contributed by atoms with Crippen molar-refractivity contribution in [3.63, 3.8) is 0 Å². The van der Waals surface area contributed by atoms with Gasteiger partial charge in [0.1, 0.15) is 0 Å². The Morgan fingerprint density at radius 1 is 1.10 bits per heavy atom. The summed E-state index contributed by atoms with van der Waals surface area (Å²) in [6.45, 7) is 7.84. The van der Waals surface area contributed by atoms with Crippen LogP contribution in [-0.2, 0) is 22.6 Å². The molecule has 7 nitrogen and oxygen atoms in total. The summed E-state index contributed by atoms with van der Waals surface area (Å²) in [5, 5.41) is 3.36. The highest BCUT2D eigenvalue weighted by atomic mass is 16.5. The molecule has 3 rings (SSSR count). The molecule has 0 saturated carbocycles. The van der Waals surface area contributed by atoms with Crippen LogP contribution in [0.3, 0.4) is 0 Å². The van der Waals surface area contributed by atoms with E-state index >= 15 is 0 Å². The molecule has 1 fully saturated rings. The molecule has 1 aliphatic rings. The topological polar surface area (TPSA) is 75.9 Å². The van der Waals surface area contributed by atoms with Gasteiger partial charge in [-0.15, -0.1) is 0 Å². The Bertz CT molecular complexity index is 928. The Morgan fingerprint density at radius 3 is 2.45 bits per heavy atom. The van der Waals surface area contributed by atoms with E-state index in [1.54, 1.807) is 22.9 Å². The van der Waals surface area contributed by atoms with Crippen LogP contribution in [0.1, 0.15) is 37.8 Å². The van der Waals surface area contributed by atoms with E-state index in [4.69, 9.17) is 9.73 Å². The van der Waals surface area contributed by atoms with E-state index in [9.17, 15) is 9.59 Å². The van der Waals surface area contributed by atoms with Gasteiger partial charge in [0, 0.05) is 31.9 Å². The largest absolute Gasteiger partial charge is 0.466 e. The van der Waals surface area contributed by atoms with Crippen molar-refractivity contribution in [1.82, 2.24) is 14.8 Å². The zero-order valence-corrected chi connectivity index (χ0v) is 18.4. The predicted molar refractivity (Wildman–Crippen MR) is 122 cm³/mol. The molecule has 2 aromatic rings. The number of likely N-dealkylation sites (tertiary alicyclic amines) is 1. The Hall–Kier alpha value is -3.09. The van der Waals surface area contributed by atoms with Crippen LogP contribution in [0.4, 0.5) is 0 Å². The van der Waals surface area contributed by atoms with Gasteiger partial charge in [0.25, 0.3) is 5.56 Å². The summed E-state index contributed by atoms with van der Waals surface area (Å²) >= 11 is 0. The van der Waals surface area contributed by atoms with E-state index in [1.807, 2.05) is 25.1 Å². The first-order valence-corrected chi connectivity index (χ1v) is 11.0. The van der Waals surface area contributed by atoms with Crippen molar-refractivity contribution >= 4 is 11.9 Å².